The standard InChI is InChI=1S/C26H35N7O3/c1-16-7-8-19(16)30-24(34)18-15-28-33-22(27-3)14-21(31-23(18)33)29-20-6-5-13-32(25(20)35)17-9-11-26(2,36-4)12-10-17/h5-6,13-17,19,27H,7-12H2,1-4H3,(H,29,31)(H,30,34)/t16-,17?,19+,26?/m0/s1. The third-order valence-electron chi connectivity index (χ3n) is 8.05. The average molecular weight is 494 g/mol. The Kier molecular flexibility index (Phi) is 6.46. The van der Waals surface area contributed by atoms with Gasteiger partial charge >= 0.3 is 0 Å². The number of nitrogens with zero attached hydrogens (tertiary/aromatic N) is 4. The number of methoxy groups -OCH3 is 1. The molecule has 5 rings (SSSR count). The molecule has 0 bridgehead atoms. The largest absolute Gasteiger partial charge is 0.379 e. The summed E-state index contributed by atoms with van der Waals surface area (Å²) in [5, 5.41) is 13.8. The molecule has 0 saturated heterocycles. The summed E-state index contributed by atoms with van der Waals surface area (Å²) in [6, 6.07) is 5.72. The maximum atomic E-state index is 13.4. The summed E-state index contributed by atoms with van der Waals surface area (Å²) in [5.41, 5.74) is 1.05. The normalized spacial score (nSPS) is 25.8. The number of aromatic nitrogens is 4. The van der Waals surface area contributed by atoms with Gasteiger partial charge in [0.15, 0.2) is 5.65 Å². The summed E-state index contributed by atoms with van der Waals surface area (Å²) < 4.78 is 9.07. The molecule has 0 radical (unpaired) electrons. The van der Waals surface area contributed by atoms with Crippen LogP contribution >= 0.6 is 0 Å². The summed E-state index contributed by atoms with van der Waals surface area (Å²) in [7, 11) is 3.53. The van der Waals surface area contributed by atoms with Crippen molar-refractivity contribution in [2.24, 2.45) is 5.92 Å². The van der Waals surface area contributed by atoms with Crippen LogP contribution in [0.2, 0.25) is 0 Å². The fraction of sp³-hybridized carbons (Fsp3) is 0.538. The predicted octanol–water partition coefficient (Wildman–Crippen LogP) is 3.72. The third kappa shape index (κ3) is 4.45. The van der Waals surface area contributed by atoms with Crippen molar-refractivity contribution in [2.45, 2.75) is 70.1 Å². The summed E-state index contributed by atoms with van der Waals surface area (Å²) in [4.78, 5) is 31.0. The molecule has 1 amide bonds. The highest BCUT2D eigenvalue weighted by Gasteiger charge is 2.32. The van der Waals surface area contributed by atoms with E-state index in [1.54, 1.807) is 30.8 Å². The Labute approximate surface area is 210 Å². The first-order valence-electron chi connectivity index (χ1n) is 12.7. The molecule has 0 spiro atoms. The van der Waals surface area contributed by atoms with Crippen molar-refractivity contribution in [1.82, 2.24) is 24.5 Å². The van der Waals surface area contributed by atoms with Gasteiger partial charge in [0.2, 0.25) is 0 Å². The van der Waals surface area contributed by atoms with Crippen molar-refractivity contribution < 1.29 is 9.53 Å². The quantitative estimate of drug-likeness (QED) is 0.459. The van der Waals surface area contributed by atoms with E-state index in [9.17, 15) is 9.59 Å². The lowest BCUT2D eigenvalue weighted by Gasteiger charge is -2.36. The van der Waals surface area contributed by atoms with E-state index in [2.05, 4.69) is 39.9 Å². The van der Waals surface area contributed by atoms with E-state index in [4.69, 9.17) is 4.74 Å². The maximum Gasteiger partial charge on any atom is 0.274 e. The van der Waals surface area contributed by atoms with Crippen LogP contribution in [-0.4, -0.2) is 50.9 Å². The minimum absolute atomic E-state index is 0.0957. The van der Waals surface area contributed by atoms with Crippen molar-refractivity contribution in [3.8, 4) is 0 Å². The van der Waals surface area contributed by atoms with E-state index in [0.717, 1.165) is 38.5 Å². The van der Waals surface area contributed by atoms with Gasteiger partial charge in [0.1, 0.15) is 22.9 Å². The molecule has 2 aliphatic carbocycles. The van der Waals surface area contributed by atoms with Crippen LogP contribution in [0.5, 0.6) is 0 Å². The molecule has 3 aromatic rings. The van der Waals surface area contributed by atoms with Gasteiger partial charge in [-0.3, -0.25) is 9.59 Å². The zero-order chi connectivity index (χ0) is 25.4. The second-order valence-corrected chi connectivity index (χ2v) is 10.3. The van der Waals surface area contributed by atoms with Crippen LogP contribution in [-0.2, 0) is 4.74 Å². The molecule has 0 aromatic carbocycles. The first kappa shape index (κ1) is 24.3. The number of nitrogens with one attached hydrogen (secondary N) is 3. The van der Waals surface area contributed by atoms with Crippen LogP contribution in [0.15, 0.2) is 35.4 Å². The highest BCUT2D eigenvalue weighted by molar-refractivity contribution is 6.00. The van der Waals surface area contributed by atoms with Gasteiger partial charge in [-0.25, -0.2) is 4.98 Å². The fourth-order valence-corrected chi connectivity index (χ4v) is 5.22. The van der Waals surface area contributed by atoms with E-state index in [-0.39, 0.29) is 29.2 Å². The van der Waals surface area contributed by atoms with Crippen molar-refractivity contribution in [3.05, 3.63) is 46.5 Å². The molecular weight excluding hydrogens is 458 g/mol. The second-order valence-electron chi connectivity index (χ2n) is 10.3. The second kappa shape index (κ2) is 9.57. The zero-order valence-corrected chi connectivity index (χ0v) is 21.4. The number of fused-ring (bicyclic) bond motifs is 1. The summed E-state index contributed by atoms with van der Waals surface area (Å²) in [6.45, 7) is 4.27. The van der Waals surface area contributed by atoms with Gasteiger partial charge in [0.25, 0.3) is 11.5 Å². The van der Waals surface area contributed by atoms with E-state index in [1.807, 2.05) is 16.8 Å². The number of amides is 1. The third-order valence-corrected chi connectivity index (χ3v) is 8.05. The van der Waals surface area contributed by atoms with E-state index in [0.29, 0.717) is 34.5 Å². The Hall–Kier alpha value is -3.40. The smallest absolute Gasteiger partial charge is 0.274 e. The first-order valence-corrected chi connectivity index (χ1v) is 12.7. The molecule has 2 atom stereocenters. The number of ether oxygens (including phenoxy) is 1. The van der Waals surface area contributed by atoms with Crippen molar-refractivity contribution in [1.29, 1.82) is 0 Å². The van der Waals surface area contributed by atoms with Crippen LogP contribution in [0, 0.1) is 5.92 Å². The van der Waals surface area contributed by atoms with Gasteiger partial charge in [0, 0.05) is 38.5 Å². The Morgan fingerprint density at radius 1 is 1.22 bits per heavy atom. The summed E-state index contributed by atoms with van der Waals surface area (Å²) >= 11 is 0. The van der Waals surface area contributed by atoms with Gasteiger partial charge in [-0.05, 0) is 63.5 Å². The Morgan fingerprint density at radius 2 is 2.00 bits per heavy atom. The van der Waals surface area contributed by atoms with Crippen molar-refractivity contribution in [2.75, 3.05) is 24.8 Å². The highest BCUT2D eigenvalue weighted by Crippen LogP contribution is 2.36. The van der Waals surface area contributed by atoms with Gasteiger partial charge in [-0.2, -0.15) is 9.61 Å². The van der Waals surface area contributed by atoms with Gasteiger partial charge in [-0.15, -0.1) is 0 Å². The molecule has 2 fully saturated rings. The molecule has 0 unspecified atom stereocenters. The van der Waals surface area contributed by atoms with Crippen molar-refractivity contribution in [3.63, 3.8) is 0 Å². The lowest BCUT2D eigenvalue weighted by atomic mass is 9.81. The topological polar surface area (TPSA) is 115 Å². The first-order chi connectivity index (χ1) is 17.3. The van der Waals surface area contributed by atoms with Crippen molar-refractivity contribution >= 4 is 28.9 Å². The lowest BCUT2D eigenvalue weighted by Crippen LogP contribution is -2.45. The average Bonchev–Trinajstić information content (AvgIpc) is 3.32. The number of carbonyl (C=O) groups is 1. The monoisotopic (exact) mass is 493 g/mol. The number of hydrogen-bond donors (Lipinski definition) is 3. The van der Waals surface area contributed by atoms with Gasteiger partial charge < -0.3 is 25.3 Å². The van der Waals surface area contributed by atoms with Crippen LogP contribution in [0.4, 0.5) is 17.3 Å². The minimum Gasteiger partial charge on any atom is -0.379 e. The molecule has 36 heavy (non-hydrogen) atoms. The van der Waals surface area contributed by atoms with Crippen LogP contribution in [0.25, 0.3) is 5.65 Å². The SMILES string of the molecule is CNc1cc(Nc2cccn(C3CCC(C)(OC)CC3)c2=O)nc2c(C(=O)N[C@@H]3CC[C@@H]3C)cnn12. The van der Waals surface area contributed by atoms with Crippen LogP contribution in [0.3, 0.4) is 0 Å². The molecule has 3 aromatic heterocycles. The molecule has 10 nitrogen and oxygen atoms in total. The fourth-order valence-electron chi connectivity index (χ4n) is 5.22. The number of anilines is 3. The molecule has 2 saturated carbocycles. The minimum atomic E-state index is -0.185. The molecule has 192 valence electrons. The highest BCUT2D eigenvalue weighted by atomic mass is 16.5. The zero-order valence-electron chi connectivity index (χ0n) is 21.4. The molecule has 3 N–H and O–H groups in total. The number of pyridine rings is 1. The molecular formula is C26H35N7O3. The predicted molar refractivity (Wildman–Crippen MR) is 139 cm³/mol. The lowest BCUT2D eigenvalue weighted by molar-refractivity contribution is -0.0324. The summed E-state index contributed by atoms with van der Waals surface area (Å²) in [6.07, 6.45) is 9.09. The number of carbonyl (C=O) groups excluding carboxylic acids is 1. The van der Waals surface area contributed by atoms with E-state index < -0.39 is 0 Å². The maximum absolute atomic E-state index is 13.4. The number of rotatable bonds is 7. The number of hydrogen-bond acceptors (Lipinski definition) is 7. The molecule has 0 aliphatic heterocycles. The Balaban J connectivity index is 1.42. The van der Waals surface area contributed by atoms with Crippen LogP contribution in [0.1, 0.15) is 68.8 Å². The van der Waals surface area contributed by atoms with Crippen LogP contribution < -0.4 is 21.5 Å². The van der Waals surface area contributed by atoms with E-state index >= 15 is 0 Å². The van der Waals surface area contributed by atoms with Gasteiger partial charge in [0.05, 0.1) is 11.8 Å². The molecule has 10 heteroatoms. The van der Waals surface area contributed by atoms with E-state index in [1.165, 1.54) is 6.20 Å². The van der Waals surface area contributed by atoms with Gasteiger partial charge in [-0.1, -0.05) is 6.92 Å². The molecule has 2 aliphatic rings. The Morgan fingerprint density at radius 3 is 2.64 bits per heavy atom. The Bertz CT molecular complexity index is 1320. The molecule has 3 heterocycles. The summed E-state index contributed by atoms with van der Waals surface area (Å²) in [5.74, 6) is 1.40.